The monoisotopic (exact) mass is 512 g/mol. The summed E-state index contributed by atoms with van der Waals surface area (Å²) in [4.78, 5) is 11.3. The molecule has 3 aromatic carbocycles. The van der Waals surface area contributed by atoms with Crippen molar-refractivity contribution in [3.63, 3.8) is 0 Å². The lowest BCUT2D eigenvalue weighted by atomic mass is 10.2. The van der Waals surface area contributed by atoms with Crippen LogP contribution in [0.3, 0.4) is 0 Å². The van der Waals surface area contributed by atoms with Crippen molar-refractivity contribution in [1.29, 1.82) is 0 Å². The highest BCUT2D eigenvalue weighted by Gasteiger charge is 2.15. The molecule has 0 aliphatic rings. The molecular formula is C28H28N6O2S. The number of nitrogens with one attached hydrogen (secondary N) is 1. The van der Waals surface area contributed by atoms with Crippen LogP contribution in [0, 0.1) is 13.8 Å². The first-order valence-corrected chi connectivity index (χ1v) is 13.5. The topological polar surface area (TPSA) is 93.0 Å². The molecule has 0 bridgehead atoms. The molecule has 8 nitrogen and oxygen atoms in total. The third-order valence-electron chi connectivity index (χ3n) is 6.43. The maximum Gasteiger partial charge on any atom is 0.229 e. The minimum atomic E-state index is -3.41. The van der Waals surface area contributed by atoms with E-state index in [1.807, 2.05) is 67.0 Å². The summed E-state index contributed by atoms with van der Waals surface area (Å²) >= 11 is 0. The maximum atomic E-state index is 12.8. The molecule has 9 heteroatoms. The first kappa shape index (κ1) is 24.5. The molecule has 5 aromatic rings. The average molecular weight is 513 g/mol. The second-order valence-corrected chi connectivity index (χ2v) is 11.1. The molecule has 0 unspecified atom stereocenters. The Morgan fingerprint density at radius 2 is 1.68 bits per heavy atom. The Kier molecular flexibility index (Phi) is 6.39. The number of sulfone groups is 1. The van der Waals surface area contributed by atoms with Crippen molar-refractivity contribution < 1.29 is 8.42 Å². The number of anilines is 4. The minimum Gasteiger partial charge on any atom is -0.329 e. The molecule has 0 fully saturated rings. The molecule has 2 heterocycles. The van der Waals surface area contributed by atoms with E-state index in [0.29, 0.717) is 16.4 Å². The highest BCUT2D eigenvalue weighted by atomic mass is 32.2. The van der Waals surface area contributed by atoms with Crippen LogP contribution in [-0.4, -0.2) is 35.2 Å². The molecule has 0 spiro atoms. The Labute approximate surface area is 216 Å². The fourth-order valence-electron chi connectivity index (χ4n) is 4.12. The van der Waals surface area contributed by atoms with Crippen LogP contribution in [0.1, 0.15) is 16.8 Å². The molecule has 1 N–H and O–H groups in total. The maximum absolute atomic E-state index is 12.8. The van der Waals surface area contributed by atoms with E-state index in [1.54, 1.807) is 30.5 Å². The summed E-state index contributed by atoms with van der Waals surface area (Å²) in [5.41, 5.74) is 5.52. The van der Waals surface area contributed by atoms with Gasteiger partial charge in [-0.15, -0.1) is 0 Å². The van der Waals surface area contributed by atoms with Crippen molar-refractivity contribution in [3.05, 3.63) is 95.8 Å². The molecule has 0 aliphatic heterocycles. The van der Waals surface area contributed by atoms with Gasteiger partial charge in [-0.3, -0.25) is 4.68 Å². The molecule has 0 saturated heterocycles. The molecule has 0 aliphatic carbocycles. The van der Waals surface area contributed by atoms with Crippen molar-refractivity contribution in [3.8, 4) is 0 Å². The lowest BCUT2D eigenvalue weighted by molar-refractivity contribution is 0.595. The number of rotatable bonds is 7. The van der Waals surface area contributed by atoms with Crippen LogP contribution in [0.2, 0.25) is 0 Å². The largest absolute Gasteiger partial charge is 0.329 e. The fourth-order valence-corrected chi connectivity index (χ4v) is 5.47. The Bertz CT molecular complexity index is 1680. The van der Waals surface area contributed by atoms with Crippen molar-refractivity contribution >= 4 is 43.9 Å². The SMILES string of the molecule is Cc1ccc(S(=O)(=O)Cc2ccc(Nc3nccc(N(C)c4ccc5c(C)n(C)nc5c4)n3)cc2)cc1. The summed E-state index contributed by atoms with van der Waals surface area (Å²) in [5.74, 6) is 1.11. The van der Waals surface area contributed by atoms with Crippen molar-refractivity contribution in [2.75, 3.05) is 17.3 Å². The predicted octanol–water partition coefficient (Wildman–Crippen LogP) is 5.47. The Hall–Kier alpha value is -4.24. The van der Waals surface area contributed by atoms with E-state index in [1.165, 1.54) is 0 Å². The Balaban J connectivity index is 1.30. The van der Waals surface area contributed by atoms with E-state index in [0.717, 1.165) is 39.4 Å². The molecule has 37 heavy (non-hydrogen) atoms. The van der Waals surface area contributed by atoms with Gasteiger partial charge in [0, 0.05) is 42.7 Å². The van der Waals surface area contributed by atoms with Crippen molar-refractivity contribution in [2.45, 2.75) is 24.5 Å². The molecular weight excluding hydrogens is 484 g/mol. The van der Waals surface area contributed by atoms with Crippen LogP contribution in [0.4, 0.5) is 23.1 Å². The third kappa shape index (κ3) is 5.17. The van der Waals surface area contributed by atoms with Gasteiger partial charge in [0.05, 0.1) is 16.2 Å². The number of hydrogen-bond acceptors (Lipinski definition) is 7. The van der Waals surface area contributed by atoms with Gasteiger partial charge in [0.2, 0.25) is 5.95 Å². The summed E-state index contributed by atoms with van der Waals surface area (Å²) in [7, 11) is 0.477. The number of aryl methyl sites for hydroxylation is 3. The number of aromatic nitrogens is 4. The van der Waals surface area contributed by atoms with Gasteiger partial charge in [-0.05, 0) is 67.9 Å². The smallest absolute Gasteiger partial charge is 0.229 e. The summed E-state index contributed by atoms with van der Waals surface area (Å²) in [6.45, 7) is 3.98. The Morgan fingerprint density at radius 3 is 2.41 bits per heavy atom. The molecule has 0 atom stereocenters. The molecule has 5 rings (SSSR count). The van der Waals surface area contributed by atoms with Crippen LogP contribution in [0.5, 0.6) is 0 Å². The Morgan fingerprint density at radius 1 is 0.946 bits per heavy atom. The summed E-state index contributed by atoms with van der Waals surface area (Å²) in [6.07, 6.45) is 1.70. The van der Waals surface area contributed by atoms with E-state index >= 15 is 0 Å². The highest BCUT2D eigenvalue weighted by molar-refractivity contribution is 7.90. The van der Waals surface area contributed by atoms with Crippen LogP contribution in [0.25, 0.3) is 10.9 Å². The molecule has 0 radical (unpaired) electrons. The third-order valence-corrected chi connectivity index (χ3v) is 8.14. The predicted molar refractivity (Wildman–Crippen MR) is 147 cm³/mol. The molecule has 188 valence electrons. The minimum absolute atomic E-state index is 0.0622. The second-order valence-electron chi connectivity index (χ2n) is 9.10. The number of benzene rings is 3. The van der Waals surface area contributed by atoms with E-state index in [9.17, 15) is 8.42 Å². The van der Waals surface area contributed by atoms with Crippen LogP contribution >= 0.6 is 0 Å². The van der Waals surface area contributed by atoms with Crippen LogP contribution in [0.15, 0.2) is 83.9 Å². The second kappa shape index (κ2) is 9.67. The normalized spacial score (nSPS) is 11.6. The van der Waals surface area contributed by atoms with Crippen molar-refractivity contribution in [2.24, 2.45) is 7.05 Å². The number of nitrogens with zero attached hydrogens (tertiary/aromatic N) is 5. The first-order valence-electron chi connectivity index (χ1n) is 11.9. The zero-order chi connectivity index (χ0) is 26.2. The summed E-state index contributed by atoms with van der Waals surface area (Å²) < 4.78 is 27.4. The highest BCUT2D eigenvalue weighted by Crippen LogP contribution is 2.28. The van der Waals surface area contributed by atoms with Crippen molar-refractivity contribution in [1.82, 2.24) is 19.7 Å². The van der Waals surface area contributed by atoms with Gasteiger partial charge in [0.15, 0.2) is 9.84 Å². The van der Waals surface area contributed by atoms with E-state index < -0.39 is 9.84 Å². The lowest BCUT2D eigenvalue weighted by Crippen LogP contribution is -2.12. The number of fused-ring (bicyclic) bond motifs is 1. The zero-order valence-electron chi connectivity index (χ0n) is 21.2. The van der Waals surface area contributed by atoms with Gasteiger partial charge in [-0.1, -0.05) is 29.8 Å². The van der Waals surface area contributed by atoms with E-state index in [4.69, 9.17) is 0 Å². The van der Waals surface area contributed by atoms with Gasteiger partial charge in [0.1, 0.15) is 5.82 Å². The summed E-state index contributed by atoms with van der Waals surface area (Å²) in [5, 5.41) is 8.91. The van der Waals surface area contributed by atoms with Gasteiger partial charge in [0.25, 0.3) is 0 Å². The molecule has 0 saturated carbocycles. The summed E-state index contributed by atoms with van der Waals surface area (Å²) in [6, 6.07) is 22.2. The lowest BCUT2D eigenvalue weighted by Gasteiger charge is -2.19. The zero-order valence-corrected chi connectivity index (χ0v) is 22.0. The van der Waals surface area contributed by atoms with Gasteiger partial charge in [-0.2, -0.15) is 10.1 Å². The van der Waals surface area contributed by atoms with Gasteiger partial charge in [-0.25, -0.2) is 13.4 Å². The molecule has 2 aromatic heterocycles. The van der Waals surface area contributed by atoms with E-state index in [-0.39, 0.29) is 5.75 Å². The van der Waals surface area contributed by atoms with Crippen LogP contribution < -0.4 is 10.2 Å². The van der Waals surface area contributed by atoms with Gasteiger partial charge >= 0.3 is 0 Å². The average Bonchev–Trinajstić information content (AvgIpc) is 3.17. The van der Waals surface area contributed by atoms with E-state index in [2.05, 4.69) is 39.4 Å². The number of hydrogen-bond donors (Lipinski definition) is 1. The fraction of sp³-hybridized carbons (Fsp3) is 0.179. The quantitative estimate of drug-likeness (QED) is 0.309. The van der Waals surface area contributed by atoms with Crippen LogP contribution in [-0.2, 0) is 22.6 Å². The first-order chi connectivity index (χ1) is 17.7. The molecule has 0 amide bonds. The van der Waals surface area contributed by atoms with Gasteiger partial charge < -0.3 is 10.2 Å². The standard InChI is InChI=1S/C28H28N6O2S/c1-19-5-12-24(13-6-19)37(35,36)18-21-7-9-22(10-8-21)30-28-29-16-15-27(31-28)33(3)23-11-14-25-20(2)34(4)32-26(25)17-23/h5-17H,18H2,1-4H3,(H,29,30,31).